The van der Waals surface area contributed by atoms with Crippen molar-refractivity contribution in [3.63, 3.8) is 0 Å². The molecule has 0 aromatic heterocycles. The smallest absolute Gasteiger partial charge is 0.416 e. The van der Waals surface area contributed by atoms with E-state index >= 15 is 0 Å². The molecule has 2 aromatic rings. The molecule has 0 heterocycles. The van der Waals surface area contributed by atoms with Crippen molar-refractivity contribution in [3.05, 3.63) is 65.2 Å². The van der Waals surface area contributed by atoms with E-state index in [1.54, 1.807) is 0 Å². The average Bonchev–Trinajstić information content (AvgIpc) is 2.51. The van der Waals surface area contributed by atoms with Gasteiger partial charge in [0.15, 0.2) is 0 Å². The molecule has 0 fully saturated rings. The Bertz CT molecular complexity index is 862. The molecular weight excluding hydrogens is 359 g/mol. The Morgan fingerprint density at radius 2 is 1.76 bits per heavy atom. The normalized spacial score (nSPS) is 11.8. The molecule has 0 aliphatic rings. The largest absolute Gasteiger partial charge is 0.457 e. The van der Waals surface area contributed by atoms with Crippen molar-refractivity contribution in [2.24, 2.45) is 0 Å². The number of esters is 1. The van der Waals surface area contributed by atoms with E-state index in [-0.39, 0.29) is 17.9 Å². The second kappa shape index (κ2) is 7.14. The number of sulfonamides is 1. The summed E-state index contributed by atoms with van der Waals surface area (Å²) >= 11 is 0. The first-order valence-corrected chi connectivity index (χ1v) is 8.85. The van der Waals surface area contributed by atoms with Gasteiger partial charge in [-0.3, -0.25) is 4.72 Å². The summed E-state index contributed by atoms with van der Waals surface area (Å²) in [5.41, 5.74) is -0.0825. The number of halogens is 3. The van der Waals surface area contributed by atoms with E-state index in [0.29, 0.717) is 5.56 Å². The van der Waals surface area contributed by atoms with Crippen LogP contribution in [0.25, 0.3) is 0 Å². The molecule has 1 N–H and O–H groups in total. The van der Waals surface area contributed by atoms with Crippen LogP contribution in [0.5, 0.6) is 0 Å². The molecule has 0 bridgehead atoms. The van der Waals surface area contributed by atoms with Crippen LogP contribution in [0.4, 0.5) is 18.9 Å². The zero-order valence-corrected chi connectivity index (χ0v) is 13.8. The van der Waals surface area contributed by atoms with Crippen molar-refractivity contribution < 1.29 is 31.1 Å². The van der Waals surface area contributed by atoms with Crippen LogP contribution in [-0.4, -0.2) is 20.6 Å². The minimum absolute atomic E-state index is 0.112. The van der Waals surface area contributed by atoms with Gasteiger partial charge in [0.25, 0.3) is 0 Å². The van der Waals surface area contributed by atoms with Crippen molar-refractivity contribution in [2.45, 2.75) is 12.8 Å². The number of carbonyl (C=O) groups excluding carboxylic acids is 1. The first-order valence-electron chi connectivity index (χ1n) is 6.96. The number of ether oxygens (including phenoxy) is 1. The number of benzene rings is 2. The van der Waals surface area contributed by atoms with E-state index < -0.39 is 27.7 Å². The quantitative estimate of drug-likeness (QED) is 0.815. The molecule has 0 unspecified atom stereocenters. The standard InChI is InChI=1S/C16H14F3NO4S/c1-25(22,23)20-14-4-2-3-12(9-14)15(21)24-10-11-5-7-13(8-6-11)16(17,18)19/h2-9,20H,10H2,1H3. The summed E-state index contributed by atoms with van der Waals surface area (Å²) < 4.78 is 67.1. The fourth-order valence-electron chi connectivity index (χ4n) is 1.95. The van der Waals surface area contributed by atoms with Gasteiger partial charge < -0.3 is 4.74 Å². The topological polar surface area (TPSA) is 72.5 Å². The zero-order chi connectivity index (χ0) is 18.7. The zero-order valence-electron chi connectivity index (χ0n) is 13.0. The number of hydrogen-bond donors (Lipinski definition) is 1. The summed E-state index contributed by atoms with van der Waals surface area (Å²) in [4.78, 5) is 12.0. The van der Waals surface area contributed by atoms with E-state index in [0.717, 1.165) is 18.4 Å². The lowest BCUT2D eigenvalue weighted by molar-refractivity contribution is -0.137. The lowest BCUT2D eigenvalue weighted by atomic mass is 10.1. The number of hydrogen-bond acceptors (Lipinski definition) is 4. The molecule has 5 nitrogen and oxygen atoms in total. The summed E-state index contributed by atoms with van der Waals surface area (Å²) in [7, 11) is -3.49. The molecule has 0 aliphatic heterocycles. The Morgan fingerprint density at radius 3 is 2.32 bits per heavy atom. The highest BCUT2D eigenvalue weighted by Crippen LogP contribution is 2.29. The van der Waals surface area contributed by atoms with Crippen LogP contribution in [0.1, 0.15) is 21.5 Å². The SMILES string of the molecule is CS(=O)(=O)Nc1cccc(C(=O)OCc2ccc(C(F)(F)F)cc2)c1. The van der Waals surface area contributed by atoms with Gasteiger partial charge in [-0.05, 0) is 35.9 Å². The van der Waals surface area contributed by atoms with E-state index in [1.165, 1.54) is 36.4 Å². The Hall–Kier alpha value is -2.55. The lowest BCUT2D eigenvalue weighted by Crippen LogP contribution is -2.11. The van der Waals surface area contributed by atoms with E-state index in [2.05, 4.69) is 4.72 Å². The summed E-state index contributed by atoms with van der Waals surface area (Å²) in [6, 6.07) is 9.92. The molecule has 2 rings (SSSR count). The van der Waals surface area contributed by atoms with Crippen LogP contribution in [0.3, 0.4) is 0 Å². The molecule has 0 aliphatic carbocycles. The van der Waals surface area contributed by atoms with Crippen molar-refractivity contribution in [2.75, 3.05) is 11.0 Å². The maximum Gasteiger partial charge on any atom is 0.416 e. The Labute approximate surface area is 142 Å². The van der Waals surface area contributed by atoms with Gasteiger partial charge in [-0.25, -0.2) is 13.2 Å². The van der Waals surface area contributed by atoms with E-state index in [4.69, 9.17) is 4.74 Å². The molecular formula is C16H14F3NO4S. The Kier molecular flexibility index (Phi) is 5.36. The first-order chi connectivity index (χ1) is 11.5. The van der Waals surface area contributed by atoms with Gasteiger partial charge in [0, 0.05) is 5.69 Å². The molecule has 0 amide bonds. The van der Waals surface area contributed by atoms with Crippen molar-refractivity contribution >= 4 is 21.7 Å². The van der Waals surface area contributed by atoms with Gasteiger partial charge >= 0.3 is 12.1 Å². The number of nitrogens with one attached hydrogen (secondary N) is 1. The molecule has 0 saturated heterocycles. The molecule has 25 heavy (non-hydrogen) atoms. The molecule has 0 atom stereocenters. The highest BCUT2D eigenvalue weighted by molar-refractivity contribution is 7.92. The number of carbonyl (C=O) groups is 1. The monoisotopic (exact) mass is 373 g/mol. The number of anilines is 1. The molecule has 0 radical (unpaired) electrons. The lowest BCUT2D eigenvalue weighted by Gasteiger charge is -2.09. The van der Waals surface area contributed by atoms with Gasteiger partial charge in [-0.2, -0.15) is 13.2 Å². The molecule has 134 valence electrons. The summed E-state index contributed by atoms with van der Waals surface area (Å²) in [5, 5.41) is 0. The molecule has 9 heteroatoms. The van der Waals surface area contributed by atoms with Crippen LogP contribution < -0.4 is 4.72 Å². The van der Waals surface area contributed by atoms with Crippen LogP contribution in [0.2, 0.25) is 0 Å². The van der Waals surface area contributed by atoms with Gasteiger partial charge in [-0.1, -0.05) is 18.2 Å². The van der Waals surface area contributed by atoms with E-state index in [9.17, 15) is 26.4 Å². The van der Waals surface area contributed by atoms with Gasteiger partial charge in [-0.15, -0.1) is 0 Å². The first kappa shape index (κ1) is 18.8. The predicted molar refractivity (Wildman–Crippen MR) is 85.5 cm³/mol. The number of rotatable bonds is 5. The van der Waals surface area contributed by atoms with Crippen molar-refractivity contribution in [1.29, 1.82) is 0 Å². The maximum absolute atomic E-state index is 12.5. The Balaban J connectivity index is 2.02. The third-order valence-electron chi connectivity index (χ3n) is 3.05. The van der Waals surface area contributed by atoms with E-state index in [1.807, 2.05) is 0 Å². The van der Waals surface area contributed by atoms with Gasteiger partial charge in [0.05, 0.1) is 17.4 Å². The fourth-order valence-corrected chi connectivity index (χ4v) is 2.50. The summed E-state index contributed by atoms with van der Waals surface area (Å²) in [6.45, 7) is -0.208. The second-order valence-corrected chi connectivity index (χ2v) is 6.97. The summed E-state index contributed by atoms with van der Waals surface area (Å²) in [6.07, 6.45) is -3.45. The Morgan fingerprint density at radius 1 is 1.12 bits per heavy atom. The van der Waals surface area contributed by atoms with Crippen molar-refractivity contribution in [1.82, 2.24) is 0 Å². The van der Waals surface area contributed by atoms with Crippen LogP contribution in [-0.2, 0) is 27.5 Å². The third-order valence-corrected chi connectivity index (χ3v) is 3.66. The fraction of sp³-hybridized carbons (Fsp3) is 0.188. The van der Waals surface area contributed by atoms with Crippen LogP contribution in [0, 0.1) is 0 Å². The molecule has 2 aromatic carbocycles. The van der Waals surface area contributed by atoms with Gasteiger partial charge in [0.1, 0.15) is 6.61 Å². The predicted octanol–water partition coefficient (Wildman–Crippen LogP) is 3.43. The molecule has 0 spiro atoms. The highest BCUT2D eigenvalue weighted by Gasteiger charge is 2.29. The van der Waals surface area contributed by atoms with Crippen LogP contribution >= 0.6 is 0 Å². The van der Waals surface area contributed by atoms with Crippen LogP contribution in [0.15, 0.2) is 48.5 Å². The average molecular weight is 373 g/mol. The van der Waals surface area contributed by atoms with Gasteiger partial charge in [0.2, 0.25) is 10.0 Å². The third kappa shape index (κ3) is 5.79. The number of alkyl halides is 3. The summed E-state index contributed by atoms with van der Waals surface area (Å²) in [5.74, 6) is -0.725. The minimum atomic E-state index is -4.43. The second-order valence-electron chi connectivity index (χ2n) is 5.23. The maximum atomic E-state index is 12.5. The van der Waals surface area contributed by atoms with Crippen molar-refractivity contribution in [3.8, 4) is 0 Å². The minimum Gasteiger partial charge on any atom is -0.457 e. The molecule has 0 saturated carbocycles. The highest BCUT2D eigenvalue weighted by atomic mass is 32.2.